The van der Waals surface area contributed by atoms with E-state index < -0.39 is 0 Å². The van der Waals surface area contributed by atoms with Crippen molar-refractivity contribution in [3.63, 3.8) is 0 Å². The molecule has 1 unspecified atom stereocenters. The van der Waals surface area contributed by atoms with Crippen LogP contribution < -0.4 is 0 Å². The molecule has 0 fully saturated rings. The SMILES string of the molecule is Cc1ccc(CC(O)CCC(C)C)cc1. The van der Waals surface area contributed by atoms with Gasteiger partial charge in [-0.3, -0.25) is 0 Å². The number of benzene rings is 1. The van der Waals surface area contributed by atoms with Crippen molar-refractivity contribution in [2.45, 2.75) is 46.1 Å². The lowest BCUT2D eigenvalue weighted by Gasteiger charge is -2.12. The first-order valence-corrected chi connectivity index (χ1v) is 5.81. The minimum atomic E-state index is -0.185. The van der Waals surface area contributed by atoms with Crippen LogP contribution in [-0.2, 0) is 6.42 Å². The molecule has 1 N–H and O–H groups in total. The summed E-state index contributed by atoms with van der Waals surface area (Å²) in [6.07, 6.45) is 2.61. The van der Waals surface area contributed by atoms with E-state index in [1.807, 2.05) is 0 Å². The molecule has 0 aliphatic carbocycles. The fourth-order valence-electron chi connectivity index (χ4n) is 1.62. The zero-order chi connectivity index (χ0) is 11.3. The minimum absolute atomic E-state index is 0.185. The summed E-state index contributed by atoms with van der Waals surface area (Å²) in [5, 5.41) is 9.82. The van der Waals surface area contributed by atoms with Crippen molar-refractivity contribution in [2.24, 2.45) is 5.92 Å². The fraction of sp³-hybridized carbons (Fsp3) is 0.571. The van der Waals surface area contributed by atoms with Gasteiger partial charge in [-0.1, -0.05) is 43.7 Å². The zero-order valence-corrected chi connectivity index (χ0v) is 10.0. The average molecular weight is 206 g/mol. The molecule has 0 amide bonds. The van der Waals surface area contributed by atoms with Crippen molar-refractivity contribution in [1.29, 1.82) is 0 Å². The molecule has 0 heterocycles. The number of hydrogen-bond donors (Lipinski definition) is 1. The Morgan fingerprint density at radius 3 is 2.20 bits per heavy atom. The smallest absolute Gasteiger partial charge is 0.0580 e. The van der Waals surface area contributed by atoms with E-state index in [2.05, 4.69) is 45.0 Å². The summed E-state index contributed by atoms with van der Waals surface area (Å²) in [6.45, 7) is 6.47. The molecule has 0 aliphatic heterocycles. The van der Waals surface area contributed by atoms with E-state index >= 15 is 0 Å². The summed E-state index contributed by atoms with van der Waals surface area (Å²) in [6, 6.07) is 8.41. The summed E-state index contributed by atoms with van der Waals surface area (Å²) < 4.78 is 0. The van der Waals surface area contributed by atoms with Crippen LogP contribution in [0, 0.1) is 12.8 Å². The lowest BCUT2D eigenvalue weighted by Crippen LogP contribution is -2.11. The Bertz CT molecular complexity index is 274. The van der Waals surface area contributed by atoms with Gasteiger partial charge in [-0.05, 0) is 37.7 Å². The molecule has 1 heteroatoms. The minimum Gasteiger partial charge on any atom is -0.393 e. The summed E-state index contributed by atoms with van der Waals surface area (Å²) in [4.78, 5) is 0. The van der Waals surface area contributed by atoms with E-state index in [9.17, 15) is 5.11 Å². The molecule has 1 atom stereocenters. The van der Waals surface area contributed by atoms with Crippen LogP contribution in [0.4, 0.5) is 0 Å². The number of aryl methyl sites for hydroxylation is 1. The predicted octanol–water partition coefficient (Wildman–Crippen LogP) is 3.33. The topological polar surface area (TPSA) is 20.2 Å². The predicted molar refractivity (Wildman–Crippen MR) is 65.0 cm³/mol. The number of hydrogen-bond acceptors (Lipinski definition) is 1. The van der Waals surface area contributed by atoms with Crippen LogP contribution in [0.5, 0.6) is 0 Å². The molecular formula is C14H22O. The molecule has 0 saturated carbocycles. The van der Waals surface area contributed by atoms with Crippen molar-refractivity contribution in [3.8, 4) is 0 Å². The highest BCUT2D eigenvalue weighted by atomic mass is 16.3. The van der Waals surface area contributed by atoms with Crippen molar-refractivity contribution in [1.82, 2.24) is 0 Å². The van der Waals surface area contributed by atoms with Gasteiger partial charge in [0.1, 0.15) is 0 Å². The first kappa shape index (κ1) is 12.3. The van der Waals surface area contributed by atoms with Crippen LogP contribution >= 0.6 is 0 Å². The summed E-state index contributed by atoms with van der Waals surface area (Å²) >= 11 is 0. The number of aliphatic hydroxyl groups is 1. The number of aliphatic hydroxyl groups excluding tert-OH is 1. The Morgan fingerprint density at radius 2 is 1.67 bits per heavy atom. The second-order valence-corrected chi connectivity index (χ2v) is 4.81. The Labute approximate surface area is 93.1 Å². The highest BCUT2D eigenvalue weighted by molar-refractivity contribution is 5.21. The van der Waals surface area contributed by atoms with Crippen LogP contribution in [0.3, 0.4) is 0 Å². The molecule has 0 bridgehead atoms. The molecule has 0 spiro atoms. The quantitative estimate of drug-likeness (QED) is 0.783. The maximum atomic E-state index is 9.82. The van der Waals surface area contributed by atoms with Gasteiger partial charge < -0.3 is 5.11 Å². The van der Waals surface area contributed by atoms with Crippen molar-refractivity contribution in [3.05, 3.63) is 35.4 Å². The molecule has 84 valence electrons. The standard InChI is InChI=1S/C14H22O/c1-11(2)4-9-14(15)10-13-7-5-12(3)6-8-13/h5-8,11,14-15H,4,9-10H2,1-3H3. The van der Waals surface area contributed by atoms with Gasteiger partial charge in [0.2, 0.25) is 0 Å². The van der Waals surface area contributed by atoms with Crippen LogP contribution in [0.15, 0.2) is 24.3 Å². The van der Waals surface area contributed by atoms with E-state index in [-0.39, 0.29) is 6.10 Å². The Morgan fingerprint density at radius 1 is 1.07 bits per heavy atom. The molecule has 0 aromatic heterocycles. The first-order valence-electron chi connectivity index (χ1n) is 5.81. The van der Waals surface area contributed by atoms with Crippen molar-refractivity contribution >= 4 is 0 Å². The van der Waals surface area contributed by atoms with E-state index in [1.165, 1.54) is 11.1 Å². The van der Waals surface area contributed by atoms with Gasteiger partial charge in [0.25, 0.3) is 0 Å². The Kier molecular flexibility index (Phi) is 4.83. The molecule has 0 saturated heterocycles. The molecule has 1 nitrogen and oxygen atoms in total. The van der Waals surface area contributed by atoms with Gasteiger partial charge in [-0.25, -0.2) is 0 Å². The van der Waals surface area contributed by atoms with Crippen LogP contribution in [0.25, 0.3) is 0 Å². The van der Waals surface area contributed by atoms with Gasteiger partial charge in [0, 0.05) is 0 Å². The zero-order valence-electron chi connectivity index (χ0n) is 10.0. The summed E-state index contributed by atoms with van der Waals surface area (Å²) in [5.74, 6) is 0.678. The molecule has 0 aliphatic rings. The molecule has 1 aromatic carbocycles. The second-order valence-electron chi connectivity index (χ2n) is 4.81. The lowest BCUT2D eigenvalue weighted by molar-refractivity contribution is 0.157. The second kappa shape index (κ2) is 5.92. The molecule has 1 aromatic rings. The third kappa shape index (κ3) is 4.98. The Hall–Kier alpha value is -0.820. The van der Waals surface area contributed by atoms with E-state index in [1.54, 1.807) is 0 Å². The van der Waals surface area contributed by atoms with E-state index in [0.29, 0.717) is 5.92 Å². The van der Waals surface area contributed by atoms with Crippen LogP contribution in [0.1, 0.15) is 37.8 Å². The van der Waals surface area contributed by atoms with E-state index in [0.717, 1.165) is 19.3 Å². The highest BCUT2D eigenvalue weighted by Gasteiger charge is 2.06. The third-order valence-electron chi connectivity index (χ3n) is 2.67. The van der Waals surface area contributed by atoms with Gasteiger partial charge >= 0.3 is 0 Å². The maximum absolute atomic E-state index is 9.82. The fourth-order valence-corrected chi connectivity index (χ4v) is 1.62. The summed E-state index contributed by atoms with van der Waals surface area (Å²) in [5.41, 5.74) is 2.51. The average Bonchev–Trinajstić information content (AvgIpc) is 2.19. The van der Waals surface area contributed by atoms with Crippen molar-refractivity contribution in [2.75, 3.05) is 0 Å². The van der Waals surface area contributed by atoms with Crippen LogP contribution in [0.2, 0.25) is 0 Å². The normalized spacial score (nSPS) is 13.1. The maximum Gasteiger partial charge on any atom is 0.0580 e. The van der Waals surface area contributed by atoms with Gasteiger partial charge in [-0.2, -0.15) is 0 Å². The monoisotopic (exact) mass is 206 g/mol. The first-order chi connectivity index (χ1) is 7.08. The molecule has 15 heavy (non-hydrogen) atoms. The van der Waals surface area contributed by atoms with Gasteiger partial charge in [-0.15, -0.1) is 0 Å². The Balaban J connectivity index is 2.37. The van der Waals surface area contributed by atoms with Crippen LogP contribution in [-0.4, -0.2) is 11.2 Å². The third-order valence-corrected chi connectivity index (χ3v) is 2.67. The number of rotatable bonds is 5. The summed E-state index contributed by atoms with van der Waals surface area (Å²) in [7, 11) is 0. The van der Waals surface area contributed by atoms with Crippen molar-refractivity contribution < 1.29 is 5.11 Å². The molecular weight excluding hydrogens is 184 g/mol. The lowest BCUT2D eigenvalue weighted by atomic mass is 9.99. The molecule has 1 rings (SSSR count). The van der Waals surface area contributed by atoms with E-state index in [4.69, 9.17) is 0 Å². The van der Waals surface area contributed by atoms with Gasteiger partial charge in [0.05, 0.1) is 6.10 Å². The molecule has 0 radical (unpaired) electrons. The largest absolute Gasteiger partial charge is 0.393 e. The highest BCUT2D eigenvalue weighted by Crippen LogP contribution is 2.12. The van der Waals surface area contributed by atoms with Gasteiger partial charge in [0.15, 0.2) is 0 Å².